The Bertz CT molecular complexity index is 263. The lowest BCUT2D eigenvalue weighted by Crippen LogP contribution is -2.30. The summed E-state index contributed by atoms with van der Waals surface area (Å²) in [6, 6.07) is 0.621. The summed E-state index contributed by atoms with van der Waals surface area (Å²) >= 11 is 0. The van der Waals surface area contributed by atoms with Crippen molar-refractivity contribution in [3.05, 3.63) is 0 Å². The minimum Gasteiger partial charge on any atom is -0.317 e. The Morgan fingerprint density at radius 3 is 2.07 bits per heavy atom. The second-order valence-corrected chi connectivity index (χ2v) is 5.78. The van der Waals surface area contributed by atoms with Crippen molar-refractivity contribution in [2.75, 3.05) is 7.05 Å². The van der Waals surface area contributed by atoms with Crippen molar-refractivity contribution < 1.29 is 0 Å². The van der Waals surface area contributed by atoms with Crippen molar-refractivity contribution >= 4 is 0 Å². The van der Waals surface area contributed by atoms with Crippen molar-refractivity contribution in [1.82, 2.24) is 5.32 Å². The Morgan fingerprint density at radius 2 is 1.73 bits per heavy atom. The molecule has 0 heterocycles. The van der Waals surface area contributed by atoms with Crippen molar-refractivity contribution in [2.45, 2.75) is 53.5 Å². The van der Waals surface area contributed by atoms with Gasteiger partial charge in [0.05, 0.1) is 0 Å². The SMILES string of the molecule is CC#CCCC(NC)C1C(C)(C)C1(C)C. The lowest BCUT2D eigenvalue weighted by Gasteiger charge is -2.17. The molecule has 1 atom stereocenters. The van der Waals surface area contributed by atoms with E-state index in [0.29, 0.717) is 16.9 Å². The molecular weight excluding hydrogens is 182 g/mol. The molecule has 0 aromatic heterocycles. The molecular formula is C14H25N. The fourth-order valence-electron chi connectivity index (χ4n) is 3.08. The number of hydrogen-bond donors (Lipinski definition) is 1. The Hall–Kier alpha value is -0.480. The summed E-state index contributed by atoms with van der Waals surface area (Å²) in [6.07, 6.45) is 2.19. The molecule has 1 N–H and O–H groups in total. The van der Waals surface area contributed by atoms with Crippen LogP contribution in [0.2, 0.25) is 0 Å². The molecule has 1 nitrogen and oxygen atoms in total. The van der Waals surface area contributed by atoms with E-state index in [0.717, 1.165) is 12.3 Å². The summed E-state index contributed by atoms with van der Waals surface area (Å²) in [7, 11) is 2.08. The van der Waals surface area contributed by atoms with Crippen LogP contribution in [0.1, 0.15) is 47.5 Å². The van der Waals surface area contributed by atoms with Gasteiger partial charge in [0.2, 0.25) is 0 Å². The highest BCUT2D eigenvalue weighted by molar-refractivity contribution is 5.16. The molecule has 0 radical (unpaired) electrons. The first-order valence-electron chi connectivity index (χ1n) is 5.96. The van der Waals surface area contributed by atoms with Gasteiger partial charge in [-0.2, -0.15) is 0 Å². The van der Waals surface area contributed by atoms with Crippen LogP contribution in [0.4, 0.5) is 0 Å². The van der Waals surface area contributed by atoms with Crippen LogP contribution in [0.3, 0.4) is 0 Å². The zero-order chi connectivity index (χ0) is 11.7. The van der Waals surface area contributed by atoms with E-state index in [1.807, 2.05) is 6.92 Å². The molecule has 1 aliphatic carbocycles. The maximum atomic E-state index is 3.47. The molecule has 1 saturated carbocycles. The zero-order valence-electron chi connectivity index (χ0n) is 11.1. The number of rotatable bonds is 4. The third-order valence-corrected chi connectivity index (χ3v) is 4.66. The predicted octanol–water partition coefficient (Wildman–Crippen LogP) is 3.06. The smallest absolute Gasteiger partial charge is 0.0112 e. The van der Waals surface area contributed by atoms with Crippen molar-refractivity contribution in [2.24, 2.45) is 16.7 Å². The standard InChI is InChI=1S/C14H25N/c1-7-8-9-10-11(15-6)12-13(2,3)14(12,4)5/h11-12,15H,9-10H2,1-6H3. The van der Waals surface area contributed by atoms with Crippen molar-refractivity contribution in [3.63, 3.8) is 0 Å². The fraction of sp³-hybridized carbons (Fsp3) is 0.857. The largest absolute Gasteiger partial charge is 0.317 e. The lowest BCUT2D eigenvalue weighted by atomic mass is 10.00. The van der Waals surface area contributed by atoms with Gasteiger partial charge in [0.15, 0.2) is 0 Å². The average molecular weight is 207 g/mol. The topological polar surface area (TPSA) is 12.0 Å². The molecule has 0 aromatic rings. The molecule has 1 rings (SSSR count). The Morgan fingerprint density at radius 1 is 1.20 bits per heavy atom. The van der Waals surface area contributed by atoms with E-state index in [9.17, 15) is 0 Å². The van der Waals surface area contributed by atoms with Crippen LogP contribution in [-0.2, 0) is 0 Å². The van der Waals surface area contributed by atoms with E-state index >= 15 is 0 Å². The first-order chi connectivity index (χ1) is 6.89. The van der Waals surface area contributed by atoms with Gasteiger partial charge in [0.25, 0.3) is 0 Å². The molecule has 1 unspecified atom stereocenters. The molecule has 0 saturated heterocycles. The number of hydrogen-bond acceptors (Lipinski definition) is 1. The summed E-state index contributed by atoms with van der Waals surface area (Å²) in [6.45, 7) is 11.4. The van der Waals surface area contributed by atoms with Gasteiger partial charge in [-0.15, -0.1) is 11.8 Å². The van der Waals surface area contributed by atoms with Gasteiger partial charge < -0.3 is 5.32 Å². The molecule has 1 heteroatoms. The van der Waals surface area contributed by atoms with Gasteiger partial charge >= 0.3 is 0 Å². The van der Waals surface area contributed by atoms with E-state index in [1.54, 1.807) is 0 Å². The maximum absolute atomic E-state index is 3.47. The van der Waals surface area contributed by atoms with Crippen LogP contribution in [-0.4, -0.2) is 13.1 Å². The predicted molar refractivity (Wildman–Crippen MR) is 66.6 cm³/mol. The Labute approximate surface area is 95.0 Å². The first kappa shape index (κ1) is 12.6. The summed E-state index contributed by atoms with van der Waals surface area (Å²) in [5, 5.41) is 3.47. The maximum Gasteiger partial charge on any atom is 0.0112 e. The van der Waals surface area contributed by atoms with Crippen LogP contribution >= 0.6 is 0 Å². The average Bonchev–Trinajstić information content (AvgIpc) is 2.54. The van der Waals surface area contributed by atoms with Crippen molar-refractivity contribution in [1.29, 1.82) is 0 Å². The third kappa shape index (κ3) is 2.06. The first-order valence-corrected chi connectivity index (χ1v) is 5.96. The minimum absolute atomic E-state index is 0.473. The third-order valence-electron chi connectivity index (χ3n) is 4.66. The van der Waals surface area contributed by atoms with Gasteiger partial charge in [-0.05, 0) is 37.1 Å². The molecule has 0 bridgehead atoms. The normalized spacial score (nSPS) is 24.1. The molecule has 0 amide bonds. The Kier molecular flexibility index (Phi) is 3.51. The monoisotopic (exact) mass is 207 g/mol. The minimum atomic E-state index is 0.473. The van der Waals surface area contributed by atoms with Crippen LogP contribution in [0.15, 0.2) is 0 Å². The van der Waals surface area contributed by atoms with E-state index < -0.39 is 0 Å². The van der Waals surface area contributed by atoms with Gasteiger partial charge in [0, 0.05) is 12.5 Å². The molecule has 0 aromatic carbocycles. The summed E-state index contributed by atoms with van der Waals surface area (Å²) in [4.78, 5) is 0. The van der Waals surface area contributed by atoms with Crippen LogP contribution in [0.5, 0.6) is 0 Å². The van der Waals surface area contributed by atoms with Gasteiger partial charge in [-0.3, -0.25) is 0 Å². The molecule has 15 heavy (non-hydrogen) atoms. The highest BCUT2D eigenvalue weighted by Crippen LogP contribution is 2.69. The molecule has 1 fully saturated rings. The molecule has 0 aliphatic heterocycles. The highest BCUT2D eigenvalue weighted by atomic mass is 14.9. The fourth-order valence-corrected chi connectivity index (χ4v) is 3.08. The van der Waals surface area contributed by atoms with E-state index in [4.69, 9.17) is 0 Å². The summed E-state index contributed by atoms with van der Waals surface area (Å²) < 4.78 is 0. The Balaban J connectivity index is 2.57. The number of nitrogens with one attached hydrogen (secondary N) is 1. The van der Waals surface area contributed by atoms with Crippen molar-refractivity contribution in [3.8, 4) is 11.8 Å². The van der Waals surface area contributed by atoms with Gasteiger partial charge in [-0.25, -0.2) is 0 Å². The van der Waals surface area contributed by atoms with Gasteiger partial charge in [-0.1, -0.05) is 27.7 Å². The van der Waals surface area contributed by atoms with Crippen LogP contribution < -0.4 is 5.32 Å². The summed E-state index contributed by atoms with van der Waals surface area (Å²) in [5.74, 6) is 6.92. The summed E-state index contributed by atoms with van der Waals surface area (Å²) in [5.41, 5.74) is 0.945. The molecule has 86 valence electrons. The lowest BCUT2D eigenvalue weighted by molar-refractivity contribution is 0.404. The highest BCUT2D eigenvalue weighted by Gasteiger charge is 2.66. The second kappa shape index (κ2) is 4.18. The van der Waals surface area contributed by atoms with E-state index in [-0.39, 0.29) is 0 Å². The zero-order valence-corrected chi connectivity index (χ0v) is 11.1. The second-order valence-electron chi connectivity index (χ2n) is 5.78. The van der Waals surface area contributed by atoms with E-state index in [2.05, 4.69) is 51.9 Å². The van der Waals surface area contributed by atoms with Gasteiger partial charge in [0.1, 0.15) is 0 Å². The van der Waals surface area contributed by atoms with Crippen LogP contribution in [0.25, 0.3) is 0 Å². The molecule has 1 aliphatic rings. The van der Waals surface area contributed by atoms with Crippen LogP contribution in [0, 0.1) is 28.6 Å². The van der Waals surface area contributed by atoms with E-state index in [1.165, 1.54) is 6.42 Å². The quantitative estimate of drug-likeness (QED) is 0.699. The molecule has 0 spiro atoms.